The van der Waals surface area contributed by atoms with Gasteiger partial charge in [-0.1, -0.05) is 37.5 Å². The fourth-order valence-corrected chi connectivity index (χ4v) is 4.31. The summed E-state index contributed by atoms with van der Waals surface area (Å²) in [7, 11) is 0. The molecule has 0 unspecified atom stereocenters. The van der Waals surface area contributed by atoms with E-state index in [0.717, 1.165) is 43.6 Å². The molecule has 0 N–H and O–H groups in total. The predicted molar refractivity (Wildman–Crippen MR) is 103 cm³/mol. The molecule has 5 nitrogen and oxygen atoms in total. The fraction of sp³-hybridized carbons (Fsp3) is 0.524. The Bertz CT molecular complexity index is 741. The van der Waals surface area contributed by atoms with Crippen LogP contribution in [-0.2, 0) is 0 Å². The summed E-state index contributed by atoms with van der Waals surface area (Å²) >= 11 is 0. The molecule has 2 heterocycles. The smallest absolute Gasteiger partial charge is 0.274 e. The van der Waals surface area contributed by atoms with Crippen LogP contribution in [-0.4, -0.2) is 57.7 Å². The third kappa shape index (κ3) is 3.54. The number of hydrogen-bond donors (Lipinski definition) is 0. The Kier molecular flexibility index (Phi) is 5.07. The first-order chi connectivity index (χ1) is 12.7. The Hall–Kier alpha value is -2.14. The van der Waals surface area contributed by atoms with E-state index in [1.165, 1.54) is 32.1 Å². The third-order valence-electron chi connectivity index (χ3n) is 5.80. The van der Waals surface area contributed by atoms with Crippen LogP contribution in [0.5, 0.6) is 0 Å². The number of benzene rings is 1. The van der Waals surface area contributed by atoms with Gasteiger partial charge in [-0.3, -0.25) is 9.69 Å². The highest BCUT2D eigenvalue weighted by molar-refractivity contribution is 5.92. The van der Waals surface area contributed by atoms with Crippen LogP contribution in [0.1, 0.15) is 48.3 Å². The summed E-state index contributed by atoms with van der Waals surface area (Å²) in [5.74, 6) is 0.0612. The van der Waals surface area contributed by atoms with Gasteiger partial charge in [0.25, 0.3) is 5.91 Å². The number of rotatable bonds is 3. The van der Waals surface area contributed by atoms with Gasteiger partial charge in [-0.2, -0.15) is 5.10 Å². The van der Waals surface area contributed by atoms with Crippen LogP contribution in [0.3, 0.4) is 0 Å². The normalized spacial score (nSPS) is 19.7. The highest BCUT2D eigenvalue weighted by Gasteiger charge is 2.28. The number of aromatic nitrogens is 2. The van der Waals surface area contributed by atoms with Crippen LogP contribution < -0.4 is 0 Å². The second-order valence-electron chi connectivity index (χ2n) is 7.54. The Balaban J connectivity index is 1.41. The number of carbonyl (C=O) groups excluding carboxylic acids is 1. The van der Waals surface area contributed by atoms with Crippen molar-refractivity contribution in [2.75, 3.05) is 26.2 Å². The maximum Gasteiger partial charge on any atom is 0.274 e. The van der Waals surface area contributed by atoms with E-state index in [1.807, 2.05) is 52.9 Å². The van der Waals surface area contributed by atoms with Crippen LogP contribution >= 0.6 is 0 Å². The standard InChI is InChI=1S/C21H28N4O/c1-17-16-20(22-25(17)19-10-6-3-7-11-19)21(26)24-14-12-23(13-15-24)18-8-4-2-5-9-18/h3,6-7,10-11,16,18H,2,4-5,8-9,12-15H2,1H3. The van der Waals surface area contributed by atoms with Crippen LogP contribution in [0.2, 0.25) is 0 Å². The van der Waals surface area contributed by atoms with E-state index >= 15 is 0 Å². The molecule has 2 fully saturated rings. The summed E-state index contributed by atoms with van der Waals surface area (Å²) in [6.07, 6.45) is 6.77. The fourth-order valence-electron chi connectivity index (χ4n) is 4.31. The first-order valence-electron chi connectivity index (χ1n) is 9.88. The molecule has 0 spiro atoms. The molecule has 0 radical (unpaired) electrons. The summed E-state index contributed by atoms with van der Waals surface area (Å²) in [5, 5.41) is 4.58. The summed E-state index contributed by atoms with van der Waals surface area (Å²) in [4.78, 5) is 17.5. The molecule has 2 aliphatic rings. The SMILES string of the molecule is Cc1cc(C(=O)N2CCN(C3CCCCC3)CC2)nn1-c1ccccc1. The van der Waals surface area contributed by atoms with Gasteiger partial charge in [0.05, 0.1) is 5.69 Å². The molecular weight excluding hydrogens is 324 g/mol. The lowest BCUT2D eigenvalue weighted by molar-refractivity contribution is 0.0518. The average Bonchev–Trinajstić information content (AvgIpc) is 3.10. The van der Waals surface area contributed by atoms with Crippen LogP contribution in [0.15, 0.2) is 36.4 Å². The van der Waals surface area contributed by atoms with Gasteiger partial charge in [-0.25, -0.2) is 4.68 Å². The van der Waals surface area contributed by atoms with Crippen molar-refractivity contribution in [2.45, 2.75) is 45.1 Å². The molecule has 4 rings (SSSR count). The molecule has 1 saturated carbocycles. The largest absolute Gasteiger partial charge is 0.335 e. The molecule has 0 atom stereocenters. The van der Waals surface area contributed by atoms with Crippen molar-refractivity contribution < 1.29 is 4.79 Å². The van der Waals surface area contributed by atoms with E-state index in [9.17, 15) is 4.79 Å². The third-order valence-corrected chi connectivity index (χ3v) is 5.80. The zero-order valence-corrected chi connectivity index (χ0v) is 15.6. The first-order valence-corrected chi connectivity index (χ1v) is 9.88. The minimum absolute atomic E-state index is 0.0612. The molecule has 1 aromatic carbocycles. The zero-order chi connectivity index (χ0) is 17.9. The second-order valence-corrected chi connectivity index (χ2v) is 7.54. The van der Waals surface area contributed by atoms with Gasteiger partial charge in [0.15, 0.2) is 5.69 Å². The summed E-state index contributed by atoms with van der Waals surface area (Å²) in [6.45, 7) is 5.61. The summed E-state index contributed by atoms with van der Waals surface area (Å²) in [6, 6.07) is 12.6. The topological polar surface area (TPSA) is 41.4 Å². The number of nitrogens with zero attached hydrogens (tertiary/aromatic N) is 4. The van der Waals surface area contributed by atoms with E-state index < -0.39 is 0 Å². The molecule has 26 heavy (non-hydrogen) atoms. The van der Waals surface area contributed by atoms with Gasteiger partial charge >= 0.3 is 0 Å². The molecule has 1 aliphatic heterocycles. The molecule has 1 amide bonds. The number of piperazine rings is 1. The molecule has 138 valence electrons. The zero-order valence-electron chi connectivity index (χ0n) is 15.6. The Labute approximate surface area is 155 Å². The van der Waals surface area contributed by atoms with Gasteiger partial charge in [0, 0.05) is 37.9 Å². The van der Waals surface area contributed by atoms with Crippen LogP contribution in [0, 0.1) is 6.92 Å². The van der Waals surface area contributed by atoms with Crippen LogP contribution in [0.25, 0.3) is 5.69 Å². The number of hydrogen-bond acceptors (Lipinski definition) is 3. The van der Waals surface area contributed by atoms with E-state index in [-0.39, 0.29) is 5.91 Å². The van der Waals surface area contributed by atoms with Crippen molar-refractivity contribution in [1.82, 2.24) is 19.6 Å². The van der Waals surface area contributed by atoms with E-state index in [1.54, 1.807) is 0 Å². The number of carbonyl (C=O) groups is 1. The van der Waals surface area contributed by atoms with Crippen molar-refractivity contribution >= 4 is 5.91 Å². The maximum absolute atomic E-state index is 12.9. The van der Waals surface area contributed by atoms with Crippen molar-refractivity contribution in [2.24, 2.45) is 0 Å². The molecule has 0 bridgehead atoms. The quantitative estimate of drug-likeness (QED) is 0.851. The Morgan fingerprint density at radius 1 is 1.00 bits per heavy atom. The van der Waals surface area contributed by atoms with Gasteiger partial charge < -0.3 is 4.90 Å². The van der Waals surface area contributed by atoms with Gasteiger partial charge in [0.1, 0.15) is 0 Å². The molecule has 1 aromatic heterocycles. The van der Waals surface area contributed by atoms with E-state index in [2.05, 4.69) is 10.00 Å². The lowest BCUT2D eigenvalue weighted by Gasteiger charge is -2.40. The van der Waals surface area contributed by atoms with Crippen molar-refractivity contribution in [1.29, 1.82) is 0 Å². The van der Waals surface area contributed by atoms with Gasteiger partial charge in [-0.15, -0.1) is 0 Å². The number of para-hydroxylation sites is 1. The van der Waals surface area contributed by atoms with Crippen LogP contribution in [0.4, 0.5) is 0 Å². The van der Waals surface area contributed by atoms with Gasteiger partial charge in [-0.05, 0) is 38.0 Å². The summed E-state index contributed by atoms with van der Waals surface area (Å²) in [5.41, 5.74) is 2.53. The average molecular weight is 352 g/mol. The van der Waals surface area contributed by atoms with Crippen molar-refractivity contribution in [3.05, 3.63) is 47.8 Å². The van der Waals surface area contributed by atoms with Gasteiger partial charge in [0.2, 0.25) is 0 Å². The first kappa shape index (κ1) is 17.3. The van der Waals surface area contributed by atoms with E-state index in [0.29, 0.717) is 5.69 Å². The molecule has 1 saturated heterocycles. The molecule has 2 aromatic rings. The molecule has 1 aliphatic carbocycles. The Morgan fingerprint density at radius 3 is 2.38 bits per heavy atom. The van der Waals surface area contributed by atoms with E-state index in [4.69, 9.17) is 0 Å². The van der Waals surface area contributed by atoms with Crippen molar-refractivity contribution in [3.63, 3.8) is 0 Å². The highest BCUT2D eigenvalue weighted by atomic mass is 16.2. The minimum Gasteiger partial charge on any atom is -0.335 e. The predicted octanol–water partition coefficient (Wildman–Crippen LogP) is 3.27. The summed E-state index contributed by atoms with van der Waals surface area (Å²) < 4.78 is 1.85. The number of amides is 1. The minimum atomic E-state index is 0.0612. The lowest BCUT2D eigenvalue weighted by Crippen LogP contribution is -2.52. The maximum atomic E-state index is 12.9. The molecular formula is C21H28N4O. The monoisotopic (exact) mass is 352 g/mol. The highest BCUT2D eigenvalue weighted by Crippen LogP contribution is 2.24. The number of aryl methyl sites for hydroxylation is 1. The lowest BCUT2D eigenvalue weighted by atomic mass is 9.94. The van der Waals surface area contributed by atoms with Crippen molar-refractivity contribution in [3.8, 4) is 5.69 Å². The second kappa shape index (κ2) is 7.62. The Morgan fingerprint density at radius 2 is 1.69 bits per heavy atom. The molecule has 5 heteroatoms.